The number of rotatable bonds is 6. The number of ether oxygens (including phenoxy) is 1. The van der Waals surface area contributed by atoms with E-state index >= 15 is 0 Å². The van der Waals surface area contributed by atoms with Crippen LogP contribution < -0.4 is 10.1 Å². The molecule has 0 unspecified atom stereocenters. The second-order valence-electron chi connectivity index (χ2n) is 5.79. The molecule has 0 heterocycles. The van der Waals surface area contributed by atoms with Gasteiger partial charge in [-0.15, -0.1) is 0 Å². The van der Waals surface area contributed by atoms with Crippen molar-refractivity contribution in [1.82, 2.24) is 5.32 Å². The molecular formula is C18H20BrNO4S. The molecule has 0 saturated carbocycles. The third-order valence-electron chi connectivity index (χ3n) is 3.66. The van der Waals surface area contributed by atoms with E-state index in [2.05, 4.69) is 21.2 Å². The number of nitrogens with one attached hydrogen (secondary N) is 1. The monoisotopic (exact) mass is 425 g/mol. The zero-order valence-corrected chi connectivity index (χ0v) is 16.6. The molecule has 0 bridgehead atoms. The molecule has 2 aromatic rings. The van der Waals surface area contributed by atoms with Crippen LogP contribution in [-0.2, 0) is 14.6 Å². The van der Waals surface area contributed by atoms with E-state index in [1.807, 2.05) is 19.1 Å². The Morgan fingerprint density at radius 3 is 2.12 bits per heavy atom. The number of hydrogen-bond donors (Lipinski definition) is 1. The Morgan fingerprint density at radius 1 is 1.04 bits per heavy atom. The number of sulfone groups is 1. The van der Waals surface area contributed by atoms with Crippen molar-refractivity contribution in [1.29, 1.82) is 0 Å². The summed E-state index contributed by atoms with van der Waals surface area (Å²) in [4.78, 5) is 12.5. The second kappa shape index (κ2) is 8.01. The lowest BCUT2D eigenvalue weighted by Gasteiger charge is -2.19. The van der Waals surface area contributed by atoms with E-state index in [-0.39, 0.29) is 16.8 Å². The van der Waals surface area contributed by atoms with Gasteiger partial charge in [-0.25, -0.2) is 8.42 Å². The molecule has 5 nitrogen and oxygen atoms in total. The van der Waals surface area contributed by atoms with E-state index in [0.29, 0.717) is 5.75 Å². The first kappa shape index (κ1) is 19.5. The lowest BCUT2D eigenvalue weighted by molar-refractivity contribution is -0.127. The predicted molar refractivity (Wildman–Crippen MR) is 100 cm³/mol. The first-order chi connectivity index (χ1) is 11.7. The fourth-order valence-electron chi connectivity index (χ4n) is 2.19. The van der Waals surface area contributed by atoms with E-state index in [0.717, 1.165) is 16.3 Å². The van der Waals surface area contributed by atoms with Gasteiger partial charge in [0.1, 0.15) is 5.75 Å². The summed E-state index contributed by atoms with van der Waals surface area (Å²) in [5.74, 6) is 0.360. The number of amides is 1. The highest BCUT2D eigenvalue weighted by atomic mass is 79.9. The Hall–Kier alpha value is -1.86. The molecule has 0 aliphatic carbocycles. The number of carbonyl (C=O) groups is 1. The van der Waals surface area contributed by atoms with Gasteiger partial charge in [-0.2, -0.15) is 0 Å². The van der Waals surface area contributed by atoms with Crippen molar-refractivity contribution in [2.24, 2.45) is 0 Å². The van der Waals surface area contributed by atoms with Gasteiger partial charge in [0.25, 0.3) is 5.91 Å². The van der Waals surface area contributed by atoms with Gasteiger partial charge in [0.2, 0.25) is 0 Å². The molecule has 1 amide bonds. The van der Waals surface area contributed by atoms with Crippen molar-refractivity contribution in [3.05, 3.63) is 58.6 Å². The second-order valence-corrected chi connectivity index (χ2v) is 8.72. The fraction of sp³-hybridized carbons (Fsp3) is 0.278. The highest BCUT2D eigenvalue weighted by molar-refractivity contribution is 9.10. The van der Waals surface area contributed by atoms with Crippen LogP contribution in [0.15, 0.2) is 57.9 Å². The van der Waals surface area contributed by atoms with E-state index in [1.54, 1.807) is 31.2 Å². The molecule has 134 valence electrons. The van der Waals surface area contributed by atoms with Gasteiger partial charge in [0.05, 0.1) is 10.9 Å². The maximum Gasteiger partial charge on any atom is 0.261 e. The predicted octanol–water partition coefficient (Wildman–Crippen LogP) is 3.50. The Bertz CT molecular complexity index is 832. The largest absolute Gasteiger partial charge is 0.481 e. The molecule has 2 rings (SSSR count). The molecule has 0 saturated heterocycles. The van der Waals surface area contributed by atoms with Crippen LogP contribution in [0.3, 0.4) is 0 Å². The molecule has 1 N–H and O–H groups in total. The number of hydrogen-bond acceptors (Lipinski definition) is 4. The summed E-state index contributed by atoms with van der Waals surface area (Å²) in [6, 6.07) is 13.4. The number of benzene rings is 2. The average molecular weight is 426 g/mol. The van der Waals surface area contributed by atoms with Crippen LogP contribution >= 0.6 is 15.9 Å². The van der Waals surface area contributed by atoms with Gasteiger partial charge >= 0.3 is 0 Å². The van der Waals surface area contributed by atoms with Crippen LogP contribution in [0.5, 0.6) is 5.75 Å². The van der Waals surface area contributed by atoms with Crippen molar-refractivity contribution in [2.75, 3.05) is 6.26 Å². The summed E-state index contributed by atoms with van der Waals surface area (Å²) in [6.45, 7) is 3.51. The molecule has 0 fully saturated rings. The van der Waals surface area contributed by atoms with Crippen LogP contribution in [0.2, 0.25) is 0 Å². The van der Waals surface area contributed by atoms with Gasteiger partial charge in [0.15, 0.2) is 15.9 Å². The topological polar surface area (TPSA) is 72.5 Å². The fourth-order valence-corrected chi connectivity index (χ4v) is 3.08. The standard InChI is InChI=1S/C18H20BrNO4S/c1-12(14-4-10-17(11-5-14)25(3,22)23)20-18(21)13(2)24-16-8-6-15(19)7-9-16/h4-13H,1-3H3,(H,20,21)/t12-,13-/m1/s1. The van der Waals surface area contributed by atoms with Crippen LogP contribution in [0.25, 0.3) is 0 Å². The summed E-state index contributed by atoms with van der Waals surface area (Å²) >= 11 is 3.34. The summed E-state index contributed by atoms with van der Waals surface area (Å²) in [5.41, 5.74) is 0.816. The van der Waals surface area contributed by atoms with Crippen molar-refractivity contribution >= 4 is 31.7 Å². The molecule has 0 aromatic heterocycles. The molecule has 0 radical (unpaired) electrons. The van der Waals surface area contributed by atoms with Crippen molar-refractivity contribution in [3.63, 3.8) is 0 Å². The van der Waals surface area contributed by atoms with Gasteiger partial charge in [-0.3, -0.25) is 4.79 Å². The van der Waals surface area contributed by atoms with Crippen LogP contribution in [0, 0.1) is 0 Å². The SMILES string of the molecule is C[C@@H](Oc1ccc(Br)cc1)C(=O)N[C@H](C)c1ccc(S(C)(=O)=O)cc1. The maximum atomic E-state index is 12.3. The molecule has 7 heteroatoms. The molecule has 2 aromatic carbocycles. The normalized spacial score (nSPS) is 13.8. The van der Waals surface area contributed by atoms with Crippen LogP contribution in [0.1, 0.15) is 25.5 Å². The van der Waals surface area contributed by atoms with E-state index in [4.69, 9.17) is 4.74 Å². The number of halogens is 1. The zero-order chi connectivity index (χ0) is 18.6. The summed E-state index contributed by atoms with van der Waals surface area (Å²) in [7, 11) is -3.23. The van der Waals surface area contributed by atoms with Crippen molar-refractivity contribution < 1.29 is 17.9 Å². The first-order valence-corrected chi connectivity index (χ1v) is 10.4. The lowest BCUT2D eigenvalue weighted by atomic mass is 10.1. The minimum atomic E-state index is -3.23. The quantitative estimate of drug-likeness (QED) is 0.768. The highest BCUT2D eigenvalue weighted by Gasteiger charge is 2.18. The van der Waals surface area contributed by atoms with Crippen LogP contribution in [-0.4, -0.2) is 26.7 Å². The third-order valence-corrected chi connectivity index (χ3v) is 5.32. The highest BCUT2D eigenvalue weighted by Crippen LogP contribution is 2.19. The third kappa shape index (κ3) is 5.57. The smallest absolute Gasteiger partial charge is 0.261 e. The lowest BCUT2D eigenvalue weighted by Crippen LogP contribution is -2.37. The van der Waals surface area contributed by atoms with Gasteiger partial charge in [-0.05, 0) is 55.8 Å². The Balaban J connectivity index is 1.97. The van der Waals surface area contributed by atoms with E-state index < -0.39 is 15.9 Å². The minimum Gasteiger partial charge on any atom is -0.481 e. The summed E-state index contributed by atoms with van der Waals surface area (Å²) < 4.78 is 29.5. The summed E-state index contributed by atoms with van der Waals surface area (Å²) in [5, 5.41) is 2.86. The van der Waals surface area contributed by atoms with Crippen LogP contribution in [0.4, 0.5) is 0 Å². The molecular weight excluding hydrogens is 406 g/mol. The van der Waals surface area contributed by atoms with E-state index in [1.165, 1.54) is 12.1 Å². The first-order valence-electron chi connectivity index (χ1n) is 7.69. The van der Waals surface area contributed by atoms with Gasteiger partial charge in [-0.1, -0.05) is 28.1 Å². The van der Waals surface area contributed by atoms with E-state index in [9.17, 15) is 13.2 Å². The molecule has 25 heavy (non-hydrogen) atoms. The Kier molecular flexibility index (Phi) is 6.24. The van der Waals surface area contributed by atoms with Gasteiger partial charge < -0.3 is 10.1 Å². The minimum absolute atomic E-state index is 0.248. The Morgan fingerprint density at radius 2 is 1.60 bits per heavy atom. The summed E-state index contributed by atoms with van der Waals surface area (Å²) in [6.07, 6.45) is 0.507. The van der Waals surface area contributed by atoms with Gasteiger partial charge in [0, 0.05) is 10.7 Å². The van der Waals surface area contributed by atoms with Crippen molar-refractivity contribution in [3.8, 4) is 5.75 Å². The molecule has 0 aliphatic rings. The number of carbonyl (C=O) groups excluding carboxylic acids is 1. The molecule has 0 aliphatic heterocycles. The molecule has 0 spiro atoms. The average Bonchev–Trinajstić information content (AvgIpc) is 2.56. The maximum absolute atomic E-state index is 12.3. The van der Waals surface area contributed by atoms with Crippen molar-refractivity contribution in [2.45, 2.75) is 30.9 Å². The molecule has 2 atom stereocenters. The zero-order valence-electron chi connectivity index (χ0n) is 14.2. The Labute approximate surface area is 156 Å².